The third-order valence-corrected chi connectivity index (χ3v) is 3.31. The Morgan fingerprint density at radius 2 is 1.96 bits per heavy atom. The van der Waals surface area contributed by atoms with E-state index in [1.54, 1.807) is 30.3 Å². The monoisotopic (exact) mass is 372 g/mol. The lowest BCUT2D eigenvalue weighted by Gasteiger charge is -2.02. The van der Waals surface area contributed by atoms with Crippen molar-refractivity contribution in [3.05, 3.63) is 68.7 Å². The molecule has 8 heteroatoms. The van der Waals surface area contributed by atoms with Crippen molar-refractivity contribution in [3.8, 4) is 6.07 Å². The summed E-state index contributed by atoms with van der Waals surface area (Å²) in [6, 6.07) is 13.8. The zero-order valence-electron chi connectivity index (χ0n) is 11.6. The molecule has 0 saturated carbocycles. The normalized spacial score (nSPS) is 10.7. The number of carbonyl (C=O) groups is 1. The Labute approximate surface area is 139 Å². The maximum absolute atomic E-state index is 12.2. The van der Waals surface area contributed by atoms with Crippen LogP contribution < -0.4 is 5.43 Å². The van der Waals surface area contributed by atoms with Crippen LogP contribution in [0.4, 0.5) is 11.4 Å². The summed E-state index contributed by atoms with van der Waals surface area (Å²) in [7, 11) is 0. The summed E-state index contributed by atoms with van der Waals surface area (Å²) in [6.07, 6.45) is 0. The van der Waals surface area contributed by atoms with E-state index in [1.165, 1.54) is 24.3 Å². The zero-order chi connectivity index (χ0) is 16.8. The van der Waals surface area contributed by atoms with E-state index >= 15 is 0 Å². The van der Waals surface area contributed by atoms with Crippen LogP contribution in [0, 0.1) is 21.4 Å². The molecule has 0 spiro atoms. The van der Waals surface area contributed by atoms with Gasteiger partial charge in [0.2, 0.25) is 11.5 Å². The number of Topliss-reactive ketones (excluding diaryl/α,β-unsaturated/α-hetero) is 1. The number of hydrazone groups is 1. The summed E-state index contributed by atoms with van der Waals surface area (Å²) in [6.45, 7) is 0. The van der Waals surface area contributed by atoms with E-state index in [4.69, 9.17) is 5.26 Å². The number of nitro groups is 1. The fraction of sp³-hybridized carbons (Fsp3) is 0. The third-order valence-electron chi connectivity index (χ3n) is 2.78. The number of nitrogens with zero attached hydrogens (tertiary/aromatic N) is 3. The second-order valence-electron chi connectivity index (χ2n) is 4.33. The van der Waals surface area contributed by atoms with E-state index in [9.17, 15) is 14.9 Å². The number of halogens is 1. The predicted octanol–water partition coefficient (Wildman–Crippen LogP) is 3.53. The van der Waals surface area contributed by atoms with Gasteiger partial charge in [-0.1, -0.05) is 22.0 Å². The van der Waals surface area contributed by atoms with Gasteiger partial charge in [-0.25, -0.2) is 0 Å². The number of benzene rings is 2. The molecule has 2 aromatic rings. The minimum atomic E-state index is -0.549. The second kappa shape index (κ2) is 7.29. The number of non-ortho nitro benzene ring substituents is 1. The van der Waals surface area contributed by atoms with Crippen LogP contribution in [0.1, 0.15) is 10.4 Å². The van der Waals surface area contributed by atoms with Crippen LogP contribution in [0.25, 0.3) is 0 Å². The number of hydrogen-bond acceptors (Lipinski definition) is 6. The van der Waals surface area contributed by atoms with Crippen LogP contribution in [-0.4, -0.2) is 16.4 Å². The van der Waals surface area contributed by atoms with E-state index in [0.717, 1.165) is 4.47 Å². The SMILES string of the molecule is N#C/C(=N\Nc1cccc([N+](=O)[O-])c1)C(=O)c1ccc(Br)cc1. The summed E-state index contributed by atoms with van der Waals surface area (Å²) in [4.78, 5) is 22.3. The summed E-state index contributed by atoms with van der Waals surface area (Å²) in [5.74, 6) is -0.544. The Morgan fingerprint density at radius 1 is 1.26 bits per heavy atom. The largest absolute Gasteiger partial charge is 0.286 e. The van der Waals surface area contributed by atoms with Crippen molar-refractivity contribution in [1.29, 1.82) is 5.26 Å². The number of hydrogen-bond donors (Lipinski definition) is 1. The topological polar surface area (TPSA) is 108 Å². The molecule has 2 aromatic carbocycles. The molecule has 2 rings (SSSR count). The lowest BCUT2D eigenvalue weighted by Crippen LogP contribution is -2.14. The summed E-state index contributed by atoms with van der Waals surface area (Å²) in [5.41, 5.74) is 2.63. The molecule has 0 amide bonds. The highest BCUT2D eigenvalue weighted by Crippen LogP contribution is 2.17. The Bertz CT molecular complexity index is 825. The number of ketones is 1. The van der Waals surface area contributed by atoms with Crippen molar-refractivity contribution < 1.29 is 9.72 Å². The molecule has 0 aliphatic rings. The Kier molecular flexibility index (Phi) is 5.17. The molecule has 1 N–H and O–H groups in total. The van der Waals surface area contributed by atoms with Crippen molar-refractivity contribution in [3.63, 3.8) is 0 Å². The Hall–Kier alpha value is -3.05. The maximum Gasteiger partial charge on any atom is 0.271 e. The fourth-order valence-corrected chi connectivity index (χ4v) is 1.94. The summed E-state index contributed by atoms with van der Waals surface area (Å²) in [5, 5.41) is 23.5. The van der Waals surface area contributed by atoms with Crippen LogP contribution >= 0.6 is 15.9 Å². The molecule has 0 bridgehead atoms. The molecule has 0 aliphatic heterocycles. The minimum Gasteiger partial charge on any atom is -0.286 e. The highest BCUT2D eigenvalue weighted by molar-refractivity contribution is 9.10. The molecule has 23 heavy (non-hydrogen) atoms. The first kappa shape index (κ1) is 16.3. The van der Waals surface area contributed by atoms with Gasteiger partial charge in [0, 0.05) is 22.2 Å². The lowest BCUT2D eigenvalue weighted by molar-refractivity contribution is -0.384. The van der Waals surface area contributed by atoms with E-state index in [1.807, 2.05) is 0 Å². The molecule has 0 radical (unpaired) electrons. The van der Waals surface area contributed by atoms with Crippen molar-refractivity contribution in [2.24, 2.45) is 5.10 Å². The average Bonchev–Trinajstić information content (AvgIpc) is 2.56. The first-order chi connectivity index (χ1) is 11.0. The van der Waals surface area contributed by atoms with Crippen molar-refractivity contribution in [2.75, 3.05) is 5.43 Å². The standard InChI is InChI=1S/C15H9BrN4O3/c16-11-6-4-10(5-7-11)15(21)14(9-17)19-18-12-2-1-3-13(8-12)20(22)23/h1-8,18H/b19-14+. The van der Waals surface area contributed by atoms with E-state index in [0.29, 0.717) is 11.3 Å². The lowest BCUT2D eigenvalue weighted by atomic mass is 10.1. The number of nitro benzene ring substituents is 1. The average molecular weight is 373 g/mol. The predicted molar refractivity (Wildman–Crippen MR) is 88.2 cm³/mol. The summed E-state index contributed by atoms with van der Waals surface area (Å²) >= 11 is 3.25. The van der Waals surface area contributed by atoms with Gasteiger partial charge in [0.15, 0.2) is 0 Å². The van der Waals surface area contributed by atoms with Crippen molar-refractivity contribution >= 4 is 38.8 Å². The molecular weight excluding hydrogens is 364 g/mol. The maximum atomic E-state index is 12.2. The fourth-order valence-electron chi connectivity index (χ4n) is 1.67. The Morgan fingerprint density at radius 3 is 2.57 bits per heavy atom. The van der Waals surface area contributed by atoms with E-state index in [2.05, 4.69) is 26.5 Å². The molecular formula is C15H9BrN4O3. The smallest absolute Gasteiger partial charge is 0.271 e. The van der Waals surface area contributed by atoms with E-state index in [-0.39, 0.29) is 11.4 Å². The minimum absolute atomic E-state index is 0.122. The zero-order valence-corrected chi connectivity index (χ0v) is 13.1. The van der Waals surface area contributed by atoms with E-state index < -0.39 is 10.7 Å². The molecule has 0 aromatic heterocycles. The van der Waals surface area contributed by atoms with Gasteiger partial charge in [0.05, 0.1) is 10.6 Å². The Balaban J connectivity index is 2.21. The van der Waals surface area contributed by atoms with Gasteiger partial charge in [-0.2, -0.15) is 10.4 Å². The van der Waals surface area contributed by atoms with Crippen LogP contribution in [0.2, 0.25) is 0 Å². The molecule has 0 aliphatic carbocycles. The quantitative estimate of drug-likeness (QED) is 0.373. The highest BCUT2D eigenvalue weighted by Gasteiger charge is 2.14. The van der Waals surface area contributed by atoms with Gasteiger partial charge < -0.3 is 0 Å². The molecule has 0 saturated heterocycles. The number of rotatable bonds is 5. The van der Waals surface area contributed by atoms with Crippen LogP contribution in [-0.2, 0) is 0 Å². The number of nitrogens with one attached hydrogen (secondary N) is 1. The molecule has 7 nitrogen and oxygen atoms in total. The molecule has 0 heterocycles. The molecule has 0 atom stereocenters. The van der Waals surface area contributed by atoms with Gasteiger partial charge in [-0.3, -0.25) is 20.3 Å². The van der Waals surface area contributed by atoms with Gasteiger partial charge >= 0.3 is 0 Å². The number of anilines is 1. The summed E-state index contributed by atoms with van der Waals surface area (Å²) < 4.78 is 0.805. The van der Waals surface area contributed by atoms with Crippen LogP contribution in [0.15, 0.2) is 58.1 Å². The molecule has 114 valence electrons. The molecule has 0 fully saturated rings. The van der Waals surface area contributed by atoms with Gasteiger partial charge in [0.25, 0.3) is 5.69 Å². The van der Waals surface area contributed by atoms with Gasteiger partial charge in [-0.15, -0.1) is 0 Å². The first-order valence-electron chi connectivity index (χ1n) is 6.30. The number of nitriles is 1. The number of carbonyl (C=O) groups excluding carboxylic acids is 1. The first-order valence-corrected chi connectivity index (χ1v) is 7.09. The highest BCUT2D eigenvalue weighted by atomic mass is 79.9. The van der Waals surface area contributed by atoms with Gasteiger partial charge in [-0.05, 0) is 30.3 Å². The molecule has 0 unspecified atom stereocenters. The van der Waals surface area contributed by atoms with Crippen molar-refractivity contribution in [1.82, 2.24) is 0 Å². The van der Waals surface area contributed by atoms with Crippen LogP contribution in [0.3, 0.4) is 0 Å². The van der Waals surface area contributed by atoms with Crippen LogP contribution in [0.5, 0.6) is 0 Å². The second-order valence-corrected chi connectivity index (χ2v) is 5.24. The third kappa shape index (κ3) is 4.21. The van der Waals surface area contributed by atoms with Gasteiger partial charge in [0.1, 0.15) is 6.07 Å². The van der Waals surface area contributed by atoms with Crippen molar-refractivity contribution in [2.45, 2.75) is 0 Å².